The SMILES string of the molecule is C=CCn1c(=O)n(CC=C)c(=O)n(CC(=O)Nc2ccc3ccccc3c2)c1=O. The molecule has 0 atom stereocenters. The minimum atomic E-state index is -0.867. The highest BCUT2D eigenvalue weighted by Crippen LogP contribution is 2.18. The number of hydrogen-bond donors (Lipinski definition) is 1. The summed E-state index contributed by atoms with van der Waals surface area (Å²) in [5.74, 6) is -0.562. The highest BCUT2D eigenvalue weighted by atomic mass is 16.2. The summed E-state index contributed by atoms with van der Waals surface area (Å²) in [7, 11) is 0. The topological polar surface area (TPSA) is 95.1 Å². The van der Waals surface area contributed by atoms with Crippen molar-refractivity contribution >= 4 is 22.4 Å². The zero-order chi connectivity index (χ0) is 21.0. The second kappa shape index (κ2) is 8.39. The van der Waals surface area contributed by atoms with Gasteiger partial charge >= 0.3 is 17.1 Å². The van der Waals surface area contributed by atoms with Crippen LogP contribution in [0, 0.1) is 0 Å². The van der Waals surface area contributed by atoms with Crippen molar-refractivity contribution in [1.29, 1.82) is 0 Å². The summed E-state index contributed by atoms with van der Waals surface area (Å²) >= 11 is 0. The van der Waals surface area contributed by atoms with Crippen LogP contribution in [0.2, 0.25) is 0 Å². The molecular formula is C21H20N4O4. The van der Waals surface area contributed by atoms with Crippen LogP contribution in [0.25, 0.3) is 10.8 Å². The van der Waals surface area contributed by atoms with Crippen LogP contribution in [0.15, 0.2) is 82.2 Å². The highest BCUT2D eigenvalue weighted by molar-refractivity contribution is 5.94. The lowest BCUT2D eigenvalue weighted by molar-refractivity contribution is -0.116. The van der Waals surface area contributed by atoms with E-state index in [2.05, 4.69) is 18.5 Å². The van der Waals surface area contributed by atoms with Gasteiger partial charge in [-0.25, -0.2) is 28.1 Å². The van der Waals surface area contributed by atoms with Crippen LogP contribution in [0.5, 0.6) is 0 Å². The lowest BCUT2D eigenvalue weighted by Crippen LogP contribution is -2.55. The van der Waals surface area contributed by atoms with Crippen LogP contribution in [0.3, 0.4) is 0 Å². The maximum absolute atomic E-state index is 12.6. The zero-order valence-electron chi connectivity index (χ0n) is 15.7. The summed E-state index contributed by atoms with van der Waals surface area (Å²) < 4.78 is 2.42. The number of allylic oxidation sites excluding steroid dienone is 2. The van der Waals surface area contributed by atoms with Gasteiger partial charge in [0, 0.05) is 5.69 Å². The molecule has 1 amide bonds. The molecule has 0 bridgehead atoms. The second-order valence-corrected chi connectivity index (χ2v) is 6.34. The van der Waals surface area contributed by atoms with Crippen LogP contribution in [-0.4, -0.2) is 19.6 Å². The van der Waals surface area contributed by atoms with E-state index in [0.29, 0.717) is 5.69 Å². The molecule has 0 aliphatic carbocycles. The van der Waals surface area contributed by atoms with E-state index in [0.717, 1.165) is 24.5 Å². The minimum absolute atomic E-state index is 0.0820. The third-order valence-electron chi connectivity index (χ3n) is 4.34. The molecule has 2 aromatic carbocycles. The standard InChI is InChI=1S/C21H20N4O4/c1-3-11-23-19(27)24(12-4-2)21(29)25(20(23)28)14-18(26)22-17-10-9-15-7-5-6-8-16(15)13-17/h3-10,13H,1-2,11-12,14H2,(H,22,26). The van der Waals surface area contributed by atoms with E-state index < -0.39 is 29.5 Å². The monoisotopic (exact) mass is 392 g/mol. The number of nitrogens with one attached hydrogen (secondary N) is 1. The quantitative estimate of drug-likeness (QED) is 0.614. The Hall–Kier alpha value is -3.94. The van der Waals surface area contributed by atoms with Crippen LogP contribution >= 0.6 is 0 Å². The van der Waals surface area contributed by atoms with Crippen LogP contribution in [0.1, 0.15) is 0 Å². The Labute approximate surface area is 165 Å². The van der Waals surface area contributed by atoms with E-state index in [1.165, 1.54) is 12.2 Å². The summed E-state index contributed by atoms with van der Waals surface area (Å²) in [6.45, 7) is 6.33. The molecule has 0 fully saturated rings. The van der Waals surface area contributed by atoms with Gasteiger partial charge in [0.25, 0.3) is 0 Å². The van der Waals surface area contributed by atoms with Gasteiger partial charge < -0.3 is 5.32 Å². The maximum Gasteiger partial charge on any atom is 0.337 e. The number of rotatable bonds is 7. The molecule has 3 aromatic rings. The molecule has 3 rings (SSSR count). The molecule has 29 heavy (non-hydrogen) atoms. The predicted octanol–water partition coefficient (Wildman–Crippen LogP) is 1.34. The van der Waals surface area contributed by atoms with Crippen molar-refractivity contribution in [2.45, 2.75) is 19.6 Å². The summed E-state index contributed by atoms with van der Waals surface area (Å²) in [5, 5.41) is 4.64. The van der Waals surface area contributed by atoms with Gasteiger partial charge in [-0.1, -0.05) is 42.5 Å². The number of aromatic nitrogens is 3. The minimum Gasteiger partial charge on any atom is -0.325 e. The van der Waals surface area contributed by atoms with Crippen molar-refractivity contribution in [3.8, 4) is 0 Å². The molecule has 1 N–H and O–H groups in total. The normalized spacial score (nSPS) is 10.6. The van der Waals surface area contributed by atoms with Crippen molar-refractivity contribution in [1.82, 2.24) is 13.7 Å². The number of hydrogen-bond acceptors (Lipinski definition) is 4. The molecule has 8 nitrogen and oxygen atoms in total. The fourth-order valence-electron chi connectivity index (χ4n) is 3.00. The molecule has 0 saturated carbocycles. The Bertz CT molecular complexity index is 1230. The van der Waals surface area contributed by atoms with Crippen LogP contribution < -0.4 is 22.4 Å². The third-order valence-corrected chi connectivity index (χ3v) is 4.34. The molecule has 0 saturated heterocycles. The van der Waals surface area contributed by atoms with Gasteiger partial charge in [0.2, 0.25) is 5.91 Å². The average Bonchev–Trinajstić information content (AvgIpc) is 2.71. The van der Waals surface area contributed by atoms with Crippen LogP contribution in [-0.2, 0) is 24.4 Å². The molecule has 0 spiro atoms. The smallest absolute Gasteiger partial charge is 0.325 e. The Morgan fingerprint density at radius 3 is 1.97 bits per heavy atom. The number of amides is 1. The Kier molecular flexibility index (Phi) is 5.73. The first-order chi connectivity index (χ1) is 14.0. The maximum atomic E-state index is 12.6. The summed E-state index contributed by atoms with van der Waals surface area (Å²) in [6, 6.07) is 13.1. The summed E-state index contributed by atoms with van der Waals surface area (Å²) in [6.07, 6.45) is 2.73. The van der Waals surface area contributed by atoms with Crippen molar-refractivity contribution in [2.75, 3.05) is 5.32 Å². The molecule has 1 aromatic heterocycles. The number of nitrogens with zero attached hydrogens (tertiary/aromatic N) is 3. The number of carbonyl (C=O) groups excluding carboxylic acids is 1. The van der Waals surface area contributed by atoms with Gasteiger partial charge in [0.1, 0.15) is 6.54 Å². The summed E-state index contributed by atoms with van der Waals surface area (Å²) in [4.78, 5) is 50.0. The largest absolute Gasteiger partial charge is 0.337 e. The first kappa shape index (κ1) is 19.8. The fraction of sp³-hybridized carbons (Fsp3) is 0.143. The van der Waals surface area contributed by atoms with Crippen molar-refractivity contribution < 1.29 is 4.79 Å². The van der Waals surface area contributed by atoms with E-state index in [1.54, 1.807) is 12.1 Å². The number of carbonyl (C=O) groups is 1. The predicted molar refractivity (Wildman–Crippen MR) is 112 cm³/mol. The molecule has 8 heteroatoms. The average molecular weight is 392 g/mol. The molecule has 0 aliphatic heterocycles. The third kappa shape index (κ3) is 4.01. The Morgan fingerprint density at radius 1 is 0.828 bits per heavy atom. The van der Waals surface area contributed by atoms with Crippen molar-refractivity contribution in [3.63, 3.8) is 0 Å². The van der Waals surface area contributed by atoms with Gasteiger partial charge in [-0.2, -0.15) is 0 Å². The fourth-order valence-corrected chi connectivity index (χ4v) is 3.00. The number of benzene rings is 2. The zero-order valence-corrected chi connectivity index (χ0v) is 15.7. The van der Waals surface area contributed by atoms with Gasteiger partial charge in [-0.05, 0) is 22.9 Å². The lowest BCUT2D eigenvalue weighted by Gasteiger charge is -2.12. The second-order valence-electron chi connectivity index (χ2n) is 6.34. The Balaban J connectivity index is 1.95. The van der Waals surface area contributed by atoms with E-state index >= 15 is 0 Å². The molecular weight excluding hydrogens is 372 g/mol. The first-order valence-electron chi connectivity index (χ1n) is 8.91. The number of fused-ring (bicyclic) bond motifs is 1. The molecule has 0 unspecified atom stereocenters. The van der Waals surface area contributed by atoms with Crippen molar-refractivity contribution in [2.24, 2.45) is 0 Å². The van der Waals surface area contributed by atoms with E-state index in [9.17, 15) is 19.2 Å². The molecule has 1 heterocycles. The first-order valence-corrected chi connectivity index (χ1v) is 8.91. The van der Waals surface area contributed by atoms with Gasteiger partial charge in [-0.3, -0.25) is 4.79 Å². The lowest BCUT2D eigenvalue weighted by atomic mass is 10.1. The number of anilines is 1. The highest BCUT2D eigenvalue weighted by Gasteiger charge is 2.16. The van der Waals surface area contributed by atoms with E-state index in [-0.39, 0.29) is 13.1 Å². The molecule has 0 aliphatic rings. The Morgan fingerprint density at radius 2 is 1.38 bits per heavy atom. The van der Waals surface area contributed by atoms with Gasteiger partial charge in [0.15, 0.2) is 0 Å². The van der Waals surface area contributed by atoms with E-state index in [4.69, 9.17) is 0 Å². The van der Waals surface area contributed by atoms with Crippen molar-refractivity contribution in [3.05, 3.63) is 99.2 Å². The van der Waals surface area contributed by atoms with Gasteiger partial charge in [0.05, 0.1) is 13.1 Å². The summed E-state index contributed by atoms with van der Waals surface area (Å²) in [5.41, 5.74) is -1.97. The van der Waals surface area contributed by atoms with Gasteiger partial charge in [-0.15, -0.1) is 13.2 Å². The molecule has 148 valence electrons. The molecule has 0 radical (unpaired) electrons. The van der Waals surface area contributed by atoms with E-state index in [1.807, 2.05) is 30.3 Å². The van der Waals surface area contributed by atoms with Crippen LogP contribution in [0.4, 0.5) is 5.69 Å².